The average molecular weight is 438 g/mol. The number of fused-ring (bicyclic) bond motifs is 1. The minimum atomic E-state index is -3.89. The van der Waals surface area contributed by atoms with Crippen molar-refractivity contribution in [3.05, 3.63) is 67.3 Å². The number of hydrogen-bond donors (Lipinski definition) is 1. The van der Waals surface area contributed by atoms with Crippen LogP contribution in [-0.4, -0.2) is 17.6 Å². The molecule has 3 rings (SSSR count). The minimum absolute atomic E-state index is 0.0543. The Labute approximate surface area is 158 Å². The van der Waals surface area contributed by atoms with Crippen molar-refractivity contribution in [3.63, 3.8) is 0 Å². The van der Waals surface area contributed by atoms with E-state index in [0.717, 1.165) is 14.6 Å². The van der Waals surface area contributed by atoms with Gasteiger partial charge in [0.05, 0.1) is 15.8 Å². The fourth-order valence-corrected chi connectivity index (χ4v) is 3.99. The van der Waals surface area contributed by atoms with Crippen LogP contribution in [0.3, 0.4) is 0 Å². The summed E-state index contributed by atoms with van der Waals surface area (Å²) in [7, 11) is -1.00. The smallest absolute Gasteiger partial charge is 0.296 e. The number of aromatic nitrogens is 2. The molecule has 0 saturated heterocycles. The first-order chi connectivity index (χ1) is 12.1. The van der Waals surface area contributed by atoms with Gasteiger partial charge >= 0.3 is 5.69 Å². The normalized spacial score (nSPS) is 11.7. The zero-order valence-corrected chi connectivity index (χ0v) is 16.7. The van der Waals surface area contributed by atoms with E-state index in [0.29, 0.717) is 11.2 Å². The molecule has 2 aromatic carbocycles. The van der Waals surface area contributed by atoms with Gasteiger partial charge in [-0.1, -0.05) is 15.9 Å². The summed E-state index contributed by atoms with van der Waals surface area (Å²) >= 11 is 3.37. The highest BCUT2D eigenvalue weighted by molar-refractivity contribution is 9.10. The molecule has 0 spiro atoms. The first-order valence-corrected chi connectivity index (χ1v) is 9.88. The second-order valence-corrected chi connectivity index (χ2v) is 8.49. The molecule has 0 atom stereocenters. The Bertz CT molecular complexity index is 1260. The SMILES string of the molecule is Cc1cc(NS(=O)(=O)c2ccc3c(c2)c(=O)n(C)c(=O)n3C)ccc1Br. The monoisotopic (exact) mass is 437 g/mol. The van der Waals surface area contributed by atoms with Gasteiger partial charge in [0.25, 0.3) is 15.6 Å². The van der Waals surface area contributed by atoms with E-state index in [1.807, 2.05) is 6.92 Å². The van der Waals surface area contributed by atoms with Gasteiger partial charge in [-0.05, 0) is 48.9 Å². The van der Waals surface area contributed by atoms with Gasteiger partial charge in [-0.25, -0.2) is 13.2 Å². The number of aryl methyl sites for hydroxylation is 2. The molecule has 26 heavy (non-hydrogen) atoms. The maximum atomic E-state index is 12.7. The summed E-state index contributed by atoms with van der Waals surface area (Å²) < 4.78 is 31.0. The molecular weight excluding hydrogens is 422 g/mol. The summed E-state index contributed by atoms with van der Waals surface area (Å²) in [6.07, 6.45) is 0. The third-order valence-electron chi connectivity index (χ3n) is 4.16. The summed E-state index contributed by atoms with van der Waals surface area (Å²) in [5.74, 6) is 0. The van der Waals surface area contributed by atoms with Crippen molar-refractivity contribution in [2.75, 3.05) is 4.72 Å². The van der Waals surface area contributed by atoms with Gasteiger partial charge in [0.2, 0.25) is 0 Å². The van der Waals surface area contributed by atoms with E-state index in [-0.39, 0.29) is 10.3 Å². The van der Waals surface area contributed by atoms with Gasteiger partial charge in [0, 0.05) is 24.3 Å². The Kier molecular flexibility index (Phi) is 4.53. The van der Waals surface area contributed by atoms with Crippen LogP contribution in [0.5, 0.6) is 0 Å². The summed E-state index contributed by atoms with van der Waals surface area (Å²) in [6, 6.07) is 9.20. The zero-order valence-electron chi connectivity index (χ0n) is 14.3. The van der Waals surface area contributed by atoms with Crippen LogP contribution in [0.2, 0.25) is 0 Å². The van der Waals surface area contributed by atoms with Crippen LogP contribution >= 0.6 is 15.9 Å². The van der Waals surface area contributed by atoms with Gasteiger partial charge < -0.3 is 0 Å². The van der Waals surface area contributed by atoms with Crippen molar-refractivity contribution in [2.24, 2.45) is 14.1 Å². The van der Waals surface area contributed by atoms with Crippen LogP contribution in [0.25, 0.3) is 10.9 Å². The molecule has 1 aromatic heterocycles. The predicted molar refractivity (Wildman–Crippen MR) is 104 cm³/mol. The van der Waals surface area contributed by atoms with Crippen molar-refractivity contribution < 1.29 is 8.42 Å². The lowest BCUT2D eigenvalue weighted by atomic mass is 10.2. The third-order valence-corrected chi connectivity index (χ3v) is 6.43. The number of hydrogen-bond acceptors (Lipinski definition) is 4. The Balaban J connectivity index is 2.13. The van der Waals surface area contributed by atoms with Crippen molar-refractivity contribution in [3.8, 4) is 0 Å². The highest BCUT2D eigenvalue weighted by Crippen LogP contribution is 2.23. The van der Waals surface area contributed by atoms with Gasteiger partial charge in [-0.15, -0.1) is 0 Å². The standard InChI is InChI=1S/C17H16BrN3O4S/c1-10-8-11(4-6-14(10)18)19-26(24,25)12-5-7-15-13(9-12)16(22)21(3)17(23)20(15)2/h4-9,19H,1-3H3. The number of nitrogens with one attached hydrogen (secondary N) is 1. The fraction of sp³-hybridized carbons (Fsp3) is 0.176. The maximum absolute atomic E-state index is 12.7. The van der Waals surface area contributed by atoms with Crippen molar-refractivity contribution in [1.29, 1.82) is 0 Å². The van der Waals surface area contributed by atoms with Crippen LogP contribution in [0.1, 0.15) is 5.56 Å². The molecule has 9 heteroatoms. The number of rotatable bonds is 3. The molecule has 136 valence electrons. The molecule has 0 aliphatic heterocycles. The molecular formula is C17H16BrN3O4S. The quantitative estimate of drug-likeness (QED) is 0.679. The Hall–Kier alpha value is -2.39. The van der Waals surface area contributed by atoms with E-state index in [9.17, 15) is 18.0 Å². The molecule has 0 bridgehead atoms. The van der Waals surface area contributed by atoms with Crippen LogP contribution in [0.15, 0.2) is 55.4 Å². The molecule has 7 nitrogen and oxygen atoms in total. The number of benzene rings is 2. The fourth-order valence-electron chi connectivity index (χ4n) is 2.66. The van der Waals surface area contributed by atoms with Crippen molar-refractivity contribution >= 4 is 42.5 Å². The first kappa shape index (κ1) is 18.4. The summed E-state index contributed by atoms with van der Waals surface area (Å²) in [4.78, 5) is 24.3. The zero-order chi connectivity index (χ0) is 19.2. The number of anilines is 1. The third kappa shape index (κ3) is 3.08. The second-order valence-electron chi connectivity index (χ2n) is 5.95. The predicted octanol–water partition coefficient (Wildman–Crippen LogP) is 2.11. The molecule has 0 fully saturated rings. The number of sulfonamides is 1. The van der Waals surface area contributed by atoms with Crippen LogP contribution in [0.4, 0.5) is 5.69 Å². The summed E-state index contributed by atoms with van der Waals surface area (Å²) in [5.41, 5.74) is 0.657. The largest absolute Gasteiger partial charge is 0.330 e. The number of halogens is 1. The Morgan fingerprint density at radius 3 is 2.35 bits per heavy atom. The lowest BCUT2D eigenvalue weighted by molar-refractivity contribution is 0.601. The Morgan fingerprint density at radius 1 is 1.00 bits per heavy atom. The molecule has 0 saturated carbocycles. The second kappa shape index (κ2) is 6.40. The lowest BCUT2D eigenvalue weighted by Crippen LogP contribution is -2.37. The van der Waals surface area contributed by atoms with Crippen LogP contribution in [-0.2, 0) is 24.1 Å². The summed E-state index contributed by atoms with van der Waals surface area (Å²) in [6.45, 7) is 1.85. The molecule has 3 aromatic rings. The van der Waals surface area contributed by atoms with Gasteiger partial charge in [-0.2, -0.15) is 0 Å². The molecule has 0 unspecified atom stereocenters. The van der Waals surface area contributed by atoms with Gasteiger partial charge in [0.15, 0.2) is 0 Å². The molecule has 1 heterocycles. The first-order valence-electron chi connectivity index (χ1n) is 7.60. The topological polar surface area (TPSA) is 90.2 Å². The van der Waals surface area contributed by atoms with Crippen molar-refractivity contribution in [1.82, 2.24) is 9.13 Å². The van der Waals surface area contributed by atoms with Crippen LogP contribution < -0.4 is 16.0 Å². The molecule has 0 amide bonds. The highest BCUT2D eigenvalue weighted by Gasteiger charge is 2.17. The average Bonchev–Trinajstić information content (AvgIpc) is 2.60. The lowest BCUT2D eigenvalue weighted by Gasteiger charge is -2.11. The van der Waals surface area contributed by atoms with Crippen LogP contribution in [0, 0.1) is 6.92 Å². The van der Waals surface area contributed by atoms with E-state index in [1.165, 1.54) is 36.9 Å². The van der Waals surface area contributed by atoms with E-state index in [2.05, 4.69) is 20.7 Å². The Morgan fingerprint density at radius 2 is 1.69 bits per heavy atom. The molecule has 0 aliphatic carbocycles. The van der Waals surface area contributed by atoms with Gasteiger partial charge in [-0.3, -0.25) is 18.7 Å². The number of nitrogens with zero attached hydrogens (tertiary/aromatic N) is 2. The van der Waals surface area contributed by atoms with Crippen molar-refractivity contribution in [2.45, 2.75) is 11.8 Å². The highest BCUT2D eigenvalue weighted by atomic mass is 79.9. The minimum Gasteiger partial charge on any atom is -0.296 e. The maximum Gasteiger partial charge on any atom is 0.330 e. The van der Waals surface area contributed by atoms with E-state index < -0.39 is 21.3 Å². The van der Waals surface area contributed by atoms with Gasteiger partial charge in [0.1, 0.15) is 0 Å². The molecule has 0 aliphatic rings. The van der Waals surface area contributed by atoms with E-state index in [4.69, 9.17) is 0 Å². The van der Waals surface area contributed by atoms with E-state index in [1.54, 1.807) is 18.2 Å². The molecule has 0 radical (unpaired) electrons. The van der Waals surface area contributed by atoms with E-state index >= 15 is 0 Å². The summed E-state index contributed by atoms with van der Waals surface area (Å²) in [5, 5.41) is 0.157. The molecule has 1 N–H and O–H groups in total.